The van der Waals surface area contributed by atoms with Gasteiger partial charge in [0.15, 0.2) is 0 Å². The number of pyridine rings is 1. The second kappa shape index (κ2) is 9.86. The number of likely N-dealkylation sites (tertiary alicyclic amines) is 1. The highest BCUT2D eigenvalue weighted by Crippen LogP contribution is 2.37. The summed E-state index contributed by atoms with van der Waals surface area (Å²) >= 11 is 0. The molecule has 5 heterocycles. The van der Waals surface area contributed by atoms with Gasteiger partial charge in [0, 0.05) is 68.9 Å². The summed E-state index contributed by atoms with van der Waals surface area (Å²) in [6, 6.07) is 6.26. The van der Waals surface area contributed by atoms with Gasteiger partial charge in [-0.05, 0) is 38.0 Å². The Hall–Kier alpha value is -2.51. The Kier molecular flexibility index (Phi) is 6.81. The molecule has 0 spiro atoms. The van der Waals surface area contributed by atoms with Crippen molar-refractivity contribution in [3.05, 3.63) is 36.4 Å². The molecule has 35 heavy (non-hydrogen) atoms. The van der Waals surface area contributed by atoms with Crippen LogP contribution in [0.25, 0.3) is 22.2 Å². The average Bonchev–Trinajstić information content (AvgIpc) is 3.49. The van der Waals surface area contributed by atoms with Gasteiger partial charge in [0.05, 0.1) is 36.5 Å². The lowest BCUT2D eigenvalue weighted by Crippen LogP contribution is -2.66. The predicted molar refractivity (Wildman–Crippen MR) is 141 cm³/mol. The summed E-state index contributed by atoms with van der Waals surface area (Å²) in [5, 5.41) is 18.8. The predicted octanol–water partition coefficient (Wildman–Crippen LogP) is 3.96. The van der Waals surface area contributed by atoms with E-state index in [2.05, 4.69) is 53.2 Å². The molecule has 2 fully saturated rings. The SMILES string of the molecule is C[Si](C)(C)CCOCc1cnc(-c2cnn(C3(CC#N)CN(C4CCNCC4)C3)c2)c2cc[nH]c12. The van der Waals surface area contributed by atoms with Crippen LogP contribution >= 0.6 is 0 Å². The van der Waals surface area contributed by atoms with Crippen LogP contribution in [-0.4, -0.2) is 71.5 Å². The van der Waals surface area contributed by atoms with Gasteiger partial charge in [0.1, 0.15) is 5.54 Å². The molecule has 3 aromatic heterocycles. The zero-order valence-corrected chi connectivity index (χ0v) is 22.2. The molecule has 0 aliphatic carbocycles. The van der Waals surface area contributed by atoms with Gasteiger partial charge in [-0.25, -0.2) is 0 Å². The van der Waals surface area contributed by atoms with Crippen molar-refractivity contribution >= 4 is 19.0 Å². The number of rotatable bonds is 9. The molecule has 2 N–H and O–H groups in total. The van der Waals surface area contributed by atoms with Crippen molar-refractivity contribution < 1.29 is 4.74 Å². The van der Waals surface area contributed by atoms with Crippen LogP contribution in [0.4, 0.5) is 0 Å². The van der Waals surface area contributed by atoms with Gasteiger partial charge in [0.2, 0.25) is 0 Å². The number of ether oxygens (including phenoxy) is 1. The lowest BCUT2D eigenvalue weighted by Gasteiger charge is -2.53. The van der Waals surface area contributed by atoms with Crippen LogP contribution in [0.5, 0.6) is 0 Å². The molecule has 3 aromatic rings. The van der Waals surface area contributed by atoms with Crippen molar-refractivity contribution in [1.82, 2.24) is 30.0 Å². The van der Waals surface area contributed by atoms with Crippen molar-refractivity contribution in [3.63, 3.8) is 0 Å². The maximum absolute atomic E-state index is 9.58. The first kappa shape index (κ1) is 24.2. The minimum atomic E-state index is -1.10. The lowest BCUT2D eigenvalue weighted by atomic mass is 9.84. The molecular weight excluding hydrogens is 454 g/mol. The number of nitriles is 1. The zero-order chi connectivity index (χ0) is 24.5. The number of piperidine rings is 1. The molecule has 2 aliphatic rings. The highest BCUT2D eigenvalue weighted by Gasteiger charge is 2.47. The van der Waals surface area contributed by atoms with Crippen molar-refractivity contribution in [3.8, 4) is 17.3 Å². The lowest BCUT2D eigenvalue weighted by molar-refractivity contribution is -0.0339. The standard InChI is InChI=1S/C26H37N7OSi/c1-35(2,3)13-12-34-17-21-14-30-24(23-6-11-29-25(21)23)20-15-31-33(16-20)26(7-8-27)18-32(19-26)22-4-9-28-10-5-22/h6,11,14-16,22,28-29H,4-5,7,9-10,12-13,17-19H2,1-3H3. The molecule has 0 bridgehead atoms. The Morgan fingerprint density at radius 3 is 2.77 bits per heavy atom. The van der Waals surface area contributed by atoms with E-state index in [0.29, 0.717) is 19.1 Å². The van der Waals surface area contributed by atoms with Crippen LogP contribution in [0.1, 0.15) is 24.8 Å². The summed E-state index contributed by atoms with van der Waals surface area (Å²) in [7, 11) is -1.10. The maximum Gasteiger partial charge on any atom is 0.101 e. The highest BCUT2D eigenvalue weighted by molar-refractivity contribution is 6.76. The monoisotopic (exact) mass is 491 g/mol. The van der Waals surface area contributed by atoms with E-state index in [0.717, 1.165) is 66.6 Å². The molecule has 0 atom stereocenters. The van der Waals surface area contributed by atoms with E-state index in [1.54, 1.807) is 0 Å². The van der Waals surface area contributed by atoms with Crippen LogP contribution in [0.2, 0.25) is 25.7 Å². The molecule has 0 unspecified atom stereocenters. The molecule has 0 amide bonds. The second-order valence-corrected chi connectivity index (χ2v) is 17.0. The largest absolute Gasteiger partial charge is 0.377 e. The van der Waals surface area contributed by atoms with Gasteiger partial charge in [0.25, 0.3) is 0 Å². The summed E-state index contributed by atoms with van der Waals surface area (Å²) in [5.41, 5.74) is 3.80. The molecule has 0 radical (unpaired) electrons. The Bertz CT molecular complexity index is 1190. The molecule has 186 valence electrons. The van der Waals surface area contributed by atoms with Gasteiger partial charge < -0.3 is 15.0 Å². The first-order chi connectivity index (χ1) is 16.9. The third-order valence-electron chi connectivity index (χ3n) is 7.50. The molecule has 8 nitrogen and oxygen atoms in total. The summed E-state index contributed by atoms with van der Waals surface area (Å²) in [6.07, 6.45) is 10.7. The number of H-pyrrole nitrogens is 1. The zero-order valence-electron chi connectivity index (χ0n) is 21.2. The topological polar surface area (TPSA) is 94.8 Å². The molecular formula is C26H37N7OSi. The maximum atomic E-state index is 9.58. The first-order valence-electron chi connectivity index (χ1n) is 12.8. The smallest absolute Gasteiger partial charge is 0.101 e. The summed E-state index contributed by atoms with van der Waals surface area (Å²) < 4.78 is 8.02. The number of fused-ring (bicyclic) bond motifs is 1. The van der Waals surface area contributed by atoms with Crippen LogP contribution in [0.15, 0.2) is 30.9 Å². The van der Waals surface area contributed by atoms with Crippen LogP contribution < -0.4 is 5.32 Å². The highest BCUT2D eigenvalue weighted by atomic mass is 28.3. The third kappa shape index (κ3) is 5.07. The Labute approximate surface area is 208 Å². The summed E-state index contributed by atoms with van der Waals surface area (Å²) in [4.78, 5) is 10.7. The Morgan fingerprint density at radius 2 is 2.03 bits per heavy atom. The Balaban J connectivity index is 1.32. The fraction of sp³-hybridized carbons (Fsp3) is 0.577. The van der Waals surface area contributed by atoms with Gasteiger partial charge in [-0.1, -0.05) is 19.6 Å². The fourth-order valence-corrected chi connectivity index (χ4v) is 6.09. The number of nitrogens with one attached hydrogen (secondary N) is 2. The number of hydrogen-bond acceptors (Lipinski definition) is 6. The second-order valence-electron chi connectivity index (χ2n) is 11.4. The first-order valence-corrected chi connectivity index (χ1v) is 16.5. The van der Waals surface area contributed by atoms with E-state index in [-0.39, 0.29) is 5.54 Å². The molecule has 2 aliphatic heterocycles. The molecule has 5 rings (SSSR count). The fourth-order valence-electron chi connectivity index (χ4n) is 5.34. The van der Waals surface area contributed by atoms with Crippen LogP contribution in [-0.2, 0) is 16.9 Å². The molecule has 9 heteroatoms. The summed E-state index contributed by atoms with van der Waals surface area (Å²) in [6.45, 7) is 12.4. The molecule has 0 saturated carbocycles. The van der Waals surface area contributed by atoms with Gasteiger partial charge in [-0.2, -0.15) is 10.4 Å². The van der Waals surface area contributed by atoms with Gasteiger partial charge >= 0.3 is 0 Å². The van der Waals surface area contributed by atoms with E-state index in [1.807, 2.05) is 23.3 Å². The van der Waals surface area contributed by atoms with E-state index in [4.69, 9.17) is 14.8 Å². The van der Waals surface area contributed by atoms with Crippen molar-refractivity contribution in [2.45, 2.75) is 63.1 Å². The van der Waals surface area contributed by atoms with E-state index in [9.17, 15) is 5.26 Å². The van der Waals surface area contributed by atoms with E-state index < -0.39 is 8.07 Å². The minimum absolute atomic E-state index is 0.251. The average molecular weight is 492 g/mol. The van der Waals surface area contributed by atoms with Crippen LogP contribution in [0.3, 0.4) is 0 Å². The quantitative estimate of drug-likeness (QED) is 0.348. The van der Waals surface area contributed by atoms with Crippen molar-refractivity contribution in [2.24, 2.45) is 0 Å². The van der Waals surface area contributed by atoms with Crippen LogP contribution in [0, 0.1) is 11.3 Å². The minimum Gasteiger partial charge on any atom is -0.377 e. The van der Waals surface area contributed by atoms with Gasteiger partial charge in [-0.15, -0.1) is 0 Å². The Morgan fingerprint density at radius 1 is 1.23 bits per heavy atom. The number of aromatic nitrogens is 4. The molecule has 0 aromatic carbocycles. The summed E-state index contributed by atoms with van der Waals surface area (Å²) in [5.74, 6) is 0. The van der Waals surface area contributed by atoms with E-state index in [1.165, 1.54) is 12.8 Å². The third-order valence-corrected chi connectivity index (χ3v) is 9.20. The van der Waals surface area contributed by atoms with Crippen molar-refractivity contribution in [1.29, 1.82) is 5.26 Å². The number of hydrogen-bond donors (Lipinski definition) is 2. The number of aromatic amines is 1. The van der Waals surface area contributed by atoms with Crippen molar-refractivity contribution in [2.75, 3.05) is 32.8 Å². The normalized spacial score (nSPS) is 19.0. The van der Waals surface area contributed by atoms with E-state index >= 15 is 0 Å². The number of nitrogens with zero attached hydrogens (tertiary/aromatic N) is 5. The molecule has 2 saturated heterocycles. The van der Waals surface area contributed by atoms with Gasteiger partial charge in [-0.3, -0.25) is 14.6 Å².